The van der Waals surface area contributed by atoms with Gasteiger partial charge >= 0.3 is 0 Å². The molecule has 0 spiro atoms. The van der Waals surface area contributed by atoms with Crippen molar-refractivity contribution in [2.24, 2.45) is 12.0 Å². The van der Waals surface area contributed by atoms with E-state index in [1.165, 1.54) is 0 Å². The molecule has 1 aromatic heterocycles. The molecule has 1 aromatic carbocycles. The average Bonchev–Trinajstić information content (AvgIpc) is 3.37. The maximum absolute atomic E-state index is 12.6. The van der Waals surface area contributed by atoms with Gasteiger partial charge in [0, 0.05) is 32.9 Å². The maximum Gasteiger partial charge on any atom is 0.243 e. The van der Waals surface area contributed by atoms with Crippen molar-refractivity contribution in [1.29, 1.82) is 0 Å². The molecule has 0 amide bonds. The van der Waals surface area contributed by atoms with E-state index in [4.69, 9.17) is 0 Å². The van der Waals surface area contributed by atoms with Gasteiger partial charge in [-0.2, -0.15) is 9.40 Å². The van der Waals surface area contributed by atoms with Gasteiger partial charge in [-0.05, 0) is 43.5 Å². The van der Waals surface area contributed by atoms with Crippen LogP contribution in [0.4, 0.5) is 0 Å². The first-order valence-electron chi connectivity index (χ1n) is 9.59. The van der Waals surface area contributed by atoms with E-state index in [1.54, 1.807) is 22.6 Å². The molecule has 0 radical (unpaired) electrons. The first kappa shape index (κ1) is 20.3. The second kappa shape index (κ2) is 9.20. The van der Waals surface area contributed by atoms with Crippen LogP contribution in [0.2, 0.25) is 0 Å². The summed E-state index contributed by atoms with van der Waals surface area (Å²) in [4.78, 5) is 4.94. The number of nitrogens with one attached hydrogen (secondary N) is 2. The van der Waals surface area contributed by atoms with Crippen molar-refractivity contribution in [2.75, 3.05) is 19.6 Å². The summed E-state index contributed by atoms with van der Waals surface area (Å²) < 4.78 is 28.6. The van der Waals surface area contributed by atoms with Crippen molar-refractivity contribution in [3.05, 3.63) is 47.8 Å². The Hall–Kier alpha value is -2.39. The molecule has 1 saturated heterocycles. The topological polar surface area (TPSA) is 91.6 Å². The van der Waals surface area contributed by atoms with Crippen LogP contribution in [0.3, 0.4) is 0 Å². The summed E-state index contributed by atoms with van der Waals surface area (Å²) in [7, 11) is -1.47. The SMILES string of the molecule is CCNC(=NCc1ccc(S(=O)(=O)N2CCCC2)cc1)NCc1ccnn1C. The Balaban J connectivity index is 1.63. The van der Waals surface area contributed by atoms with Gasteiger partial charge in [0.25, 0.3) is 0 Å². The van der Waals surface area contributed by atoms with E-state index < -0.39 is 10.0 Å². The molecule has 0 aliphatic carbocycles. The third kappa shape index (κ3) is 4.90. The molecule has 1 aliphatic heterocycles. The number of aryl methyl sites for hydroxylation is 1. The number of aromatic nitrogens is 2. The number of hydrogen-bond acceptors (Lipinski definition) is 4. The Morgan fingerprint density at radius 3 is 2.46 bits per heavy atom. The smallest absolute Gasteiger partial charge is 0.243 e. The largest absolute Gasteiger partial charge is 0.357 e. The summed E-state index contributed by atoms with van der Waals surface area (Å²) in [5, 5.41) is 10.7. The summed E-state index contributed by atoms with van der Waals surface area (Å²) in [5.41, 5.74) is 2.01. The van der Waals surface area contributed by atoms with Crippen LogP contribution in [0.15, 0.2) is 46.4 Å². The molecule has 9 heteroatoms. The highest BCUT2D eigenvalue weighted by Gasteiger charge is 2.26. The first-order chi connectivity index (χ1) is 13.5. The van der Waals surface area contributed by atoms with E-state index in [2.05, 4.69) is 20.7 Å². The predicted molar refractivity (Wildman–Crippen MR) is 109 cm³/mol. The van der Waals surface area contributed by atoms with Crippen molar-refractivity contribution < 1.29 is 8.42 Å². The normalized spacial score (nSPS) is 15.7. The van der Waals surface area contributed by atoms with E-state index in [-0.39, 0.29) is 0 Å². The summed E-state index contributed by atoms with van der Waals surface area (Å²) in [6.45, 7) is 5.08. The minimum atomic E-state index is -3.37. The van der Waals surface area contributed by atoms with Gasteiger partial charge < -0.3 is 10.6 Å². The van der Waals surface area contributed by atoms with Crippen LogP contribution < -0.4 is 10.6 Å². The lowest BCUT2D eigenvalue weighted by Crippen LogP contribution is -2.37. The number of benzene rings is 1. The summed E-state index contributed by atoms with van der Waals surface area (Å²) in [6, 6.07) is 8.97. The van der Waals surface area contributed by atoms with E-state index in [1.807, 2.05) is 36.9 Å². The van der Waals surface area contributed by atoms with Crippen LogP contribution in [0.1, 0.15) is 31.0 Å². The zero-order valence-electron chi connectivity index (χ0n) is 16.4. The fraction of sp³-hybridized carbons (Fsp3) is 0.474. The monoisotopic (exact) mass is 404 g/mol. The van der Waals surface area contributed by atoms with Gasteiger partial charge in [0.2, 0.25) is 10.0 Å². The highest BCUT2D eigenvalue weighted by molar-refractivity contribution is 7.89. The lowest BCUT2D eigenvalue weighted by Gasteiger charge is -2.15. The predicted octanol–water partition coefficient (Wildman–Crippen LogP) is 1.46. The number of nitrogens with zero attached hydrogens (tertiary/aromatic N) is 4. The van der Waals surface area contributed by atoms with Crippen molar-refractivity contribution in [3.8, 4) is 0 Å². The minimum absolute atomic E-state index is 0.350. The first-order valence-corrected chi connectivity index (χ1v) is 11.0. The third-order valence-electron chi connectivity index (χ3n) is 4.75. The van der Waals surface area contributed by atoms with Crippen molar-refractivity contribution in [1.82, 2.24) is 24.7 Å². The zero-order valence-corrected chi connectivity index (χ0v) is 17.2. The highest BCUT2D eigenvalue weighted by atomic mass is 32.2. The molecule has 1 fully saturated rings. The third-order valence-corrected chi connectivity index (χ3v) is 6.66. The Kier molecular flexibility index (Phi) is 6.69. The highest BCUT2D eigenvalue weighted by Crippen LogP contribution is 2.21. The minimum Gasteiger partial charge on any atom is -0.357 e. The Morgan fingerprint density at radius 1 is 1.14 bits per heavy atom. The molecule has 28 heavy (non-hydrogen) atoms. The molecular formula is C19H28N6O2S. The molecule has 152 valence electrons. The van der Waals surface area contributed by atoms with Crippen LogP contribution in [-0.2, 0) is 30.2 Å². The second-order valence-electron chi connectivity index (χ2n) is 6.75. The van der Waals surface area contributed by atoms with Crippen LogP contribution in [0, 0.1) is 0 Å². The van der Waals surface area contributed by atoms with Gasteiger partial charge in [-0.1, -0.05) is 12.1 Å². The molecular weight excluding hydrogens is 376 g/mol. The molecule has 0 atom stereocenters. The van der Waals surface area contributed by atoms with Crippen molar-refractivity contribution in [2.45, 2.75) is 37.8 Å². The second-order valence-corrected chi connectivity index (χ2v) is 8.69. The number of hydrogen-bond donors (Lipinski definition) is 2. The lowest BCUT2D eigenvalue weighted by molar-refractivity contribution is 0.477. The standard InChI is InChI=1S/C19H28N6O2S/c1-3-20-19(22-15-17-10-11-23-24(17)2)21-14-16-6-8-18(9-7-16)28(26,27)25-12-4-5-13-25/h6-11H,3-5,12-15H2,1-2H3,(H2,20,21,22). The number of sulfonamides is 1. The quantitative estimate of drug-likeness (QED) is 0.538. The number of aliphatic imine (C=N–C) groups is 1. The molecule has 0 saturated carbocycles. The molecule has 8 nitrogen and oxygen atoms in total. The van der Waals surface area contributed by atoms with Crippen LogP contribution in [0.5, 0.6) is 0 Å². The molecule has 2 aromatic rings. The summed E-state index contributed by atoms with van der Waals surface area (Å²) in [6.07, 6.45) is 3.63. The van der Waals surface area contributed by atoms with Crippen LogP contribution >= 0.6 is 0 Å². The fourth-order valence-corrected chi connectivity index (χ4v) is 4.62. The zero-order chi connectivity index (χ0) is 20.0. The van der Waals surface area contributed by atoms with Gasteiger partial charge in [-0.25, -0.2) is 13.4 Å². The average molecular weight is 405 g/mol. The molecule has 2 heterocycles. The van der Waals surface area contributed by atoms with Gasteiger partial charge in [-0.3, -0.25) is 4.68 Å². The van der Waals surface area contributed by atoms with E-state index >= 15 is 0 Å². The molecule has 1 aliphatic rings. The van der Waals surface area contributed by atoms with Crippen molar-refractivity contribution in [3.63, 3.8) is 0 Å². The molecule has 0 bridgehead atoms. The Morgan fingerprint density at radius 2 is 1.86 bits per heavy atom. The molecule has 0 unspecified atom stereocenters. The van der Waals surface area contributed by atoms with Gasteiger partial charge in [0.1, 0.15) is 0 Å². The maximum atomic E-state index is 12.6. The fourth-order valence-electron chi connectivity index (χ4n) is 3.11. The van der Waals surface area contributed by atoms with E-state index in [0.717, 1.165) is 30.6 Å². The Bertz CT molecular complexity index is 899. The number of rotatable bonds is 7. The molecule has 2 N–H and O–H groups in total. The summed E-state index contributed by atoms with van der Waals surface area (Å²) >= 11 is 0. The van der Waals surface area contributed by atoms with E-state index in [0.29, 0.717) is 37.0 Å². The van der Waals surface area contributed by atoms with Gasteiger partial charge in [0.05, 0.1) is 23.7 Å². The van der Waals surface area contributed by atoms with Crippen molar-refractivity contribution >= 4 is 16.0 Å². The van der Waals surface area contributed by atoms with E-state index in [9.17, 15) is 8.42 Å². The van der Waals surface area contributed by atoms with Crippen LogP contribution in [-0.4, -0.2) is 48.1 Å². The molecule has 3 rings (SSSR count). The van der Waals surface area contributed by atoms with Crippen LogP contribution in [0.25, 0.3) is 0 Å². The summed E-state index contributed by atoms with van der Waals surface area (Å²) in [5.74, 6) is 0.706. The van der Waals surface area contributed by atoms with Gasteiger partial charge in [0.15, 0.2) is 5.96 Å². The lowest BCUT2D eigenvalue weighted by atomic mass is 10.2. The Labute approximate surface area is 166 Å². The number of guanidine groups is 1. The van der Waals surface area contributed by atoms with Gasteiger partial charge in [-0.15, -0.1) is 0 Å².